The van der Waals surface area contributed by atoms with E-state index in [2.05, 4.69) is 10.1 Å². The van der Waals surface area contributed by atoms with Gasteiger partial charge < -0.3 is 9.94 Å². The van der Waals surface area contributed by atoms with E-state index in [9.17, 15) is 4.39 Å². The van der Waals surface area contributed by atoms with E-state index >= 15 is 0 Å². The standard InChI is InChI=1S/C14H14ClFN2O2/c15-13(18-19)7-11-3-6-14(17-8-11)20-9-10-1-4-12(16)5-2-10/h1,3-4,6,8,19H,2,5,7,9H2. The van der Waals surface area contributed by atoms with Gasteiger partial charge in [-0.05, 0) is 23.6 Å². The first-order chi connectivity index (χ1) is 9.67. The number of oxime groups is 1. The van der Waals surface area contributed by atoms with Crippen LogP contribution in [0.5, 0.6) is 5.88 Å². The van der Waals surface area contributed by atoms with Crippen molar-refractivity contribution < 1.29 is 14.3 Å². The number of pyridine rings is 1. The highest BCUT2D eigenvalue weighted by atomic mass is 35.5. The van der Waals surface area contributed by atoms with Gasteiger partial charge in [0.25, 0.3) is 0 Å². The van der Waals surface area contributed by atoms with E-state index in [1.807, 2.05) is 0 Å². The third kappa shape index (κ3) is 4.35. The van der Waals surface area contributed by atoms with E-state index in [4.69, 9.17) is 21.5 Å². The predicted octanol–water partition coefficient (Wildman–Crippen LogP) is 3.60. The van der Waals surface area contributed by atoms with Crippen LogP contribution in [0.15, 0.2) is 47.0 Å². The summed E-state index contributed by atoms with van der Waals surface area (Å²) in [6, 6.07) is 3.52. The van der Waals surface area contributed by atoms with Gasteiger partial charge in [-0.15, -0.1) is 0 Å². The maximum Gasteiger partial charge on any atom is 0.213 e. The maximum atomic E-state index is 12.8. The van der Waals surface area contributed by atoms with Gasteiger partial charge in [0.05, 0.1) is 0 Å². The lowest BCUT2D eigenvalue weighted by Gasteiger charge is -2.11. The van der Waals surface area contributed by atoms with Gasteiger partial charge in [-0.3, -0.25) is 0 Å². The van der Waals surface area contributed by atoms with Crippen molar-refractivity contribution in [3.05, 3.63) is 47.4 Å². The van der Waals surface area contributed by atoms with E-state index in [1.165, 1.54) is 6.08 Å². The summed E-state index contributed by atoms with van der Waals surface area (Å²) in [5.74, 6) is 0.389. The number of hydrogen-bond acceptors (Lipinski definition) is 4. The molecule has 0 unspecified atom stereocenters. The first-order valence-corrected chi connectivity index (χ1v) is 6.53. The summed E-state index contributed by atoms with van der Waals surface area (Å²) in [4.78, 5) is 4.13. The molecule has 1 aliphatic carbocycles. The van der Waals surface area contributed by atoms with E-state index in [1.54, 1.807) is 24.4 Å². The Morgan fingerprint density at radius 2 is 2.25 bits per heavy atom. The van der Waals surface area contributed by atoms with Gasteiger partial charge in [-0.1, -0.05) is 28.9 Å². The predicted molar refractivity (Wildman–Crippen MR) is 75.0 cm³/mol. The second-order valence-electron chi connectivity index (χ2n) is 4.38. The van der Waals surface area contributed by atoms with Crippen molar-refractivity contribution in [2.24, 2.45) is 5.16 Å². The molecule has 20 heavy (non-hydrogen) atoms. The van der Waals surface area contributed by atoms with Gasteiger partial charge in [0, 0.05) is 25.1 Å². The van der Waals surface area contributed by atoms with E-state index < -0.39 is 0 Å². The molecule has 0 fully saturated rings. The Bertz CT molecular complexity index is 553. The highest BCUT2D eigenvalue weighted by Gasteiger charge is 2.07. The number of ether oxygens (including phenoxy) is 1. The first kappa shape index (κ1) is 14.5. The number of nitrogens with zero attached hydrogens (tertiary/aromatic N) is 2. The zero-order chi connectivity index (χ0) is 14.4. The van der Waals surface area contributed by atoms with Gasteiger partial charge in [0.15, 0.2) is 0 Å². The van der Waals surface area contributed by atoms with Crippen molar-refractivity contribution in [1.82, 2.24) is 4.98 Å². The van der Waals surface area contributed by atoms with Crippen LogP contribution < -0.4 is 4.74 Å². The number of aromatic nitrogens is 1. The molecule has 6 heteroatoms. The summed E-state index contributed by atoms with van der Waals surface area (Å²) < 4.78 is 18.3. The van der Waals surface area contributed by atoms with Crippen LogP contribution in [0.25, 0.3) is 0 Å². The molecule has 2 rings (SSSR count). The molecule has 4 nitrogen and oxygen atoms in total. The Hall–Kier alpha value is -1.88. The quantitative estimate of drug-likeness (QED) is 0.513. The zero-order valence-corrected chi connectivity index (χ0v) is 11.5. The number of halogens is 2. The van der Waals surface area contributed by atoms with Crippen LogP contribution in [-0.2, 0) is 6.42 Å². The lowest BCUT2D eigenvalue weighted by Crippen LogP contribution is -2.05. The fourth-order valence-electron chi connectivity index (χ4n) is 1.75. The molecule has 0 aliphatic heterocycles. The van der Waals surface area contributed by atoms with Crippen molar-refractivity contribution in [3.63, 3.8) is 0 Å². The fraction of sp³-hybridized carbons (Fsp3) is 0.286. The molecule has 106 valence electrons. The van der Waals surface area contributed by atoms with Crippen molar-refractivity contribution in [1.29, 1.82) is 0 Å². The lowest BCUT2D eigenvalue weighted by molar-refractivity contribution is 0.319. The Morgan fingerprint density at radius 3 is 2.85 bits per heavy atom. The Labute approximate surface area is 121 Å². The molecule has 0 aromatic carbocycles. The van der Waals surface area contributed by atoms with Crippen LogP contribution >= 0.6 is 11.6 Å². The number of hydrogen-bond donors (Lipinski definition) is 1. The normalized spacial score (nSPS) is 15.6. The molecule has 0 saturated heterocycles. The minimum atomic E-state index is -0.0985. The molecule has 0 saturated carbocycles. The minimum absolute atomic E-state index is 0.0985. The third-order valence-corrected chi connectivity index (χ3v) is 3.06. The summed E-state index contributed by atoms with van der Waals surface area (Å²) in [5, 5.41) is 11.5. The van der Waals surface area contributed by atoms with Crippen molar-refractivity contribution in [3.8, 4) is 5.88 Å². The summed E-state index contributed by atoms with van der Waals surface area (Å²) in [7, 11) is 0. The van der Waals surface area contributed by atoms with Crippen LogP contribution in [0.2, 0.25) is 0 Å². The van der Waals surface area contributed by atoms with Gasteiger partial charge in [0.2, 0.25) is 5.88 Å². The second kappa shape index (κ2) is 7.05. The first-order valence-electron chi connectivity index (χ1n) is 6.15. The second-order valence-corrected chi connectivity index (χ2v) is 4.82. The monoisotopic (exact) mass is 296 g/mol. The van der Waals surface area contributed by atoms with Crippen LogP contribution in [0.1, 0.15) is 18.4 Å². The number of rotatable bonds is 5. The lowest BCUT2D eigenvalue weighted by atomic mass is 10.1. The van der Waals surface area contributed by atoms with Crippen LogP contribution in [0, 0.1) is 0 Å². The molecule has 0 radical (unpaired) electrons. The average Bonchev–Trinajstić information content (AvgIpc) is 2.48. The Morgan fingerprint density at radius 1 is 1.40 bits per heavy atom. The van der Waals surface area contributed by atoms with E-state index in [-0.39, 0.29) is 11.0 Å². The fourth-order valence-corrected chi connectivity index (χ4v) is 1.90. The molecule has 1 aromatic heterocycles. The SMILES string of the molecule is ON=C(Cl)Cc1ccc(OCC2=CC=C(F)CC2)nc1. The summed E-state index contributed by atoms with van der Waals surface area (Å²) >= 11 is 5.61. The highest BCUT2D eigenvalue weighted by molar-refractivity contribution is 6.65. The van der Waals surface area contributed by atoms with Crippen molar-refractivity contribution >= 4 is 16.8 Å². The molecule has 0 spiro atoms. The Balaban J connectivity index is 1.88. The average molecular weight is 297 g/mol. The smallest absolute Gasteiger partial charge is 0.213 e. The van der Waals surface area contributed by atoms with Crippen LogP contribution in [0.3, 0.4) is 0 Å². The van der Waals surface area contributed by atoms with Gasteiger partial charge >= 0.3 is 0 Å². The minimum Gasteiger partial charge on any atom is -0.473 e. The van der Waals surface area contributed by atoms with Crippen molar-refractivity contribution in [2.75, 3.05) is 6.61 Å². The Kier molecular flexibility index (Phi) is 5.12. The molecular weight excluding hydrogens is 283 g/mol. The summed E-state index contributed by atoms with van der Waals surface area (Å²) in [6.07, 6.45) is 6.24. The van der Waals surface area contributed by atoms with Crippen LogP contribution in [-0.4, -0.2) is 22.0 Å². The van der Waals surface area contributed by atoms with Crippen LogP contribution in [0.4, 0.5) is 4.39 Å². The molecule has 0 bridgehead atoms. The molecule has 0 atom stereocenters. The molecule has 1 N–H and O–H groups in total. The molecule has 1 aromatic rings. The van der Waals surface area contributed by atoms with Gasteiger partial charge in [-0.2, -0.15) is 0 Å². The third-order valence-electron chi connectivity index (χ3n) is 2.85. The summed E-state index contributed by atoms with van der Waals surface area (Å²) in [5.41, 5.74) is 1.86. The van der Waals surface area contributed by atoms with E-state index in [0.717, 1.165) is 11.1 Å². The molecular formula is C14H14ClFN2O2. The maximum absolute atomic E-state index is 12.8. The summed E-state index contributed by atoms with van der Waals surface area (Å²) in [6.45, 7) is 0.398. The van der Waals surface area contributed by atoms with Gasteiger partial charge in [0.1, 0.15) is 17.6 Å². The zero-order valence-electron chi connectivity index (χ0n) is 10.7. The molecule has 1 aliphatic rings. The largest absolute Gasteiger partial charge is 0.473 e. The molecule has 1 heterocycles. The highest BCUT2D eigenvalue weighted by Crippen LogP contribution is 2.20. The van der Waals surface area contributed by atoms with E-state index in [0.29, 0.717) is 31.7 Å². The number of allylic oxidation sites excluding steroid dienone is 3. The van der Waals surface area contributed by atoms with Gasteiger partial charge in [-0.25, -0.2) is 9.37 Å². The van der Waals surface area contributed by atoms with Crippen molar-refractivity contribution in [2.45, 2.75) is 19.3 Å². The topological polar surface area (TPSA) is 54.7 Å². The molecule has 0 amide bonds.